The second-order valence-corrected chi connectivity index (χ2v) is 2.28. The summed E-state index contributed by atoms with van der Waals surface area (Å²) in [5.74, 6) is 1.44. The third kappa shape index (κ3) is 2.05. The molecular weight excluding hydrogens is 154 g/mol. The minimum atomic E-state index is 0.584. The highest BCUT2D eigenvalue weighted by Crippen LogP contribution is 2.15. The number of nitrogens with two attached hydrogens (primary N) is 1. The molecule has 0 spiro atoms. The molecule has 1 rings (SSSR count). The third-order valence-corrected chi connectivity index (χ3v) is 1.41. The SMILES string of the molecule is C/C=C\C1=C(/C=C/N)OCCO1. The van der Waals surface area contributed by atoms with Gasteiger partial charge in [-0.25, -0.2) is 0 Å². The van der Waals surface area contributed by atoms with Crippen molar-refractivity contribution in [2.45, 2.75) is 6.92 Å². The van der Waals surface area contributed by atoms with E-state index in [1.54, 1.807) is 6.08 Å². The summed E-state index contributed by atoms with van der Waals surface area (Å²) in [5, 5.41) is 0. The largest absolute Gasteiger partial charge is 0.486 e. The molecule has 12 heavy (non-hydrogen) atoms. The highest BCUT2D eigenvalue weighted by atomic mass is 16.6. The summed E-state index contributed by atoms with van der Waals surface area (Å²) in [6, 6.07) is 0. The Hall–Kier alpha value is -1.38. The van der Waals surface area contributed by atoms with E-state index in [2.05, 4.69) is 0 Å². The van der Waals surface area contributed by atoms with Crippen LogP contribution in [0.2, 0.25) is 0 Å². The van der Waals surface area contributed by atoms with Gasteiger partial charge in [-0.3, -0.25) is 0 Å². The maximum absolute atomic E-state index is 5.34. The summed E-state index contributed by atoms with van der Waals surface area (Å²) >= 11 is 0. The molecule has 0 atom stereocenters. The minimum absolute atomic E-state index is 0.584. The second-order valence-electron chi connectivity index (χ2n) is 2.28. The number of hydrogen-bond acceptors (Lipinski definition) is 3. The van der Waals surface area contributed by atoms with Crippen LogP contribution in [0.3, 0.4) is 0 Å². The summed E-state index contributed by atoms with van der Waals surface area (Å²) in [6.45, 7) is 3.11. The van der Waals surface area contributed by atoms with Crippen molar-refractivity contribution >= 4 is 0 Å². The maximum atomic E-state index is 5.34. The smallest absolute Gasteiger partial charge is 0.162 e. The summed E-state index contributed by atoms with van der Waals surface area (Å²) in [6.07, 6.45) is 6.88. The molecule has 3 heteroatoms. The first-order valence-electron chi connectivity index (χ1n) is 3.89. The first-order chi connectivity index (χ1) is 5.88. The lowest BCUT2D eigenvalue weighted by molar-refractivity contribution is 0.0768. The topological polar surface area (TPSA) is 44.5 Å². The Bertz CT molecular complexity index is 205. The molecule has 1 heterocycles. The molecule has 0 bridgehead atoms. The molecule has 0 saturated carbocycles. The number of allylic oxidation sites excluding steroid dienone is 3. The summed E-state index contributed by atoms with van der Waals surface area (Å²) in [4.78, 5) is 0. The predicted octanol–water partition coefficient (Wildman–Crippen LogP) is 1.29. The molecule has 0 saturated heterocycles. The number of hydrogen-bond donors (Lipinski definition) is 1. The van der Waals surface area contributed by atoms with Gasteiger partial charge in [-0.1, -0.05) is 6.08 Å². The molecule has 0 radical (unpaired) electrons. The number of rotatable bonds is 2. The van der Waals surface area contributed by atoms with Crippen LogP contribution in [0.25, 0.3) is 0 Å². The Morgan fingerprint density at radius 3 is 2.25 bits per heavy atom. The van der Waals surface area contributed by atoms with Crippen LogP contribution < -0.4 is 5.73 Å². The van der Waals surface area contributed by atoms with Crippen molar-refractivity contribution in [3.05, 3.63) is 35.9 Å². The molecule has 0 unspecified atom stereocenters. The van der Waals surface area contributed by atoms with Gasteiger partial charge in [0, 0.05) is 0 Å². The van der Waals surface area contributed by atoms with E-state index < -0.39 is 0 Å². The van der Waals surface area contributed by atoms with Gasteiger partial charge in [-0.2, -0.15) is 0 Å². The first-order valence-corrected chi connectivity index (χ1v) is 3.89. The predicted molar refractivity (Wildman–Crippen MR) is 47.1 cm³/mol. The van der Waals surface area contributed by atoms with Gasteiger partial charge >= 0.3 is 0 Å². The van der Waals surface area contributed by atoms with Crippen molar-refractivity contribution in [1.29, 1.82) is 0 Å². The van der Waals surface area contributed by atoms with Gasteiger partial charge in [0.1, 0.15) is 13.2 Å². The average Bonchev–Trinajstić information content (AvgIpc) is 2.09. The first kappa shape index (κ1) is 8.71. The molecule has 1 aliphatic rings. The standard InChI is InChI=1S/C9H13NO2/c1-2-3-8-9(4-5-10)12-7-6-11-8/h2-5H,6-7,10H2,1H3/b3-2-,5-4+. The zero-order valence-electron chi connectivity index (χ0n) is 7.12. The summed E-state index contributed by atoms with van der Waals surface area (Å²) < 4.78 is 10.7. The molecule has 0 aromatic carbocycles. The van der Waals surface area contributed by atoms with Crippen molar-refractivity contribution in [1.82, 2.24) is 0 Å². The van der Waals surface area contributed by atoms with E-state index in [1.807, 2.05) is 19.1 Å². The fourth-order valence-corrected chi connectivity index (χ4v) is 0.945. The molecule has 0 aromatic heterocycles. The zero-order chi connectivity index (χ0) is 8.81. The Kier molecular flexibility index (Phi) is 3.26. The Labute approximate surface area is 72.2 Å². The van der Waals surface area contributed by atoms with E-state index in [0.29, 0.717) is 19.0 Å². The van der Waals surface area contributed by atoms with Crippen molar-refractivity contribution in [2.24, 2.45) is 5.73 Å². The van der Waals surface area contributed by atoms with E-state index in [1.165, 1.54) is 6.20 Å². The average molecular weight is 167 g/mol. The molecule has 1 aliphatic heterocycles. The van der Waals surface area contributed by atoms with Crippen LogP contribution in [0.1, 0.15) is 6.92 Å². The lowest BCUT2D eigenvalue weighted by Gasteiger charge is -2.17. The maximum Gasteiger partial charge on any atom is 0.162 e. The second kappa shape index (κ2) is 4.49. The van der Waals surface area contributed by atoms with Gasteiger partial charge in [0.15, 0.2) is 11.5 Å². The van der Waals surface area contributed by atoms with Gasteiger partial charge in [0.25, 0.3) is 0 Å². The van der Waals surface area contributed by atoms with E-state index in [9.17, 15) is 0 Å². The van der Waals surface area contributed by atoms with Crippen molar-refractivity contribution in [2.75, 3.05) is 13.2 Å². The van der Waals surface area contributed by atoms with Gasteiger partial charge in [-0.05, 0) is 25.3 Å². The van der Waals surface area contributed by atoms with Crippen LogP contribution in [0, 0.1) is 0 Å². The van der Waals surface area contributed by atoms with Gasteiger partial charge in [0.2, 0.25) is 0 Å². The Morgan fingerprint density at radius 1 is 1.17 bits per heavy atom. The van der Waals surface area contributed by atoms with Crippen LogP contribution in [0.15, 0.2) is 35.9 Å². The zero-order valence-corrected chi connectivity index (χ0v) is 7.12. The molecule has 0 fully saturated rings. The summed E-state index contributed by atoms with van der Waals surface area (Å²) in [7, 11) is 0. The van der Waals surface area contributed by atoms with Crippen molar-refractivity contribution in [3.63, 3.8) is 0 Å². The van der Waals surface area contributed by atoms with Gasteiger partial charge in [0.05, 0.1) is 0 Å². The van der Waals surface area contributed by atoms with E-state index in [0.717, 1.165) is 5.76 Å². The molecule has 0 aliphatic carbocycles. The van der Waals surface area contributed by atoms with Gasteiger partial charge < -0.3 is 15.2 Å². The summed E-state index contributed by atoms with van der Waals surface area (Å²) in [5.41, 5.74) is 5.24. The highest BCUT2D eigenvalue weighted by molar-refractivity contribution is 5.25. The van der Waals surface area contributed by atoms with Crippen LogP contribution >= 0.6 is 0 Å². The highest BCUT2D eigenvalue weighted by Gasteiger charge is 2.09. The fraction of sp³-hybridized carbons (Fsp3) is 0.333. The molecule has 0 aromatic rings. The van der Waals surface area contributed by atoms with Crippen LogP contribution in [-0.2, 0) is 9.47 Å². The van der Waals surface area contributed by atoms with Crippen molar-refractivity contribution in [3.8, 4) is 0 Å². The van der Waals surface area contributed by atoms with Crippen LogP contribution in [0.5, 0.6) is 0 Å². The number of ether oxygens (including phenoxy) is 2. The minimum Gasteiger partial charge on any atom is -0.486 e. The normalized spacial score (nSPS) is 18.4. The monoisotopic (exact) mass is 167 g/mol. The molecule has 0 amide bonds. The van der Waals surface area contributed by atoms with E-state index in [-0.39, 0.29) is 0 Å². The van der Waals surface area contributed by atoms with Crippen molar-refractivity contribution < 1.29 is 9.47 Å². The molecule has 2 N–H and O–H groups in total. The third-order valence-electron chi connectivity index (χ3n) is 1.41. The van der Waals surface area contributed by atoms with E-state index in [4.69, 9.17) is 15.2 Å². The Balaban J connectivity index is 2.82. The molecule has 66 valence electrons. The fourth-order valence-electron chi connectivity index (χ4n) is 0.945. The molecular formula is C9H13NO2. The van der Waals surface area contributed by atoms with Crippen LogP contribution in [0.4, 0.5) is 0 Å². The lowest BCUT2D eigenvalue weighted by Crippen LogP contribution is -2.11. The quantitative estimate of drug-likeness (QED) is 0.674. The van der Waals surface area contributed by atoms with Crippen LogP contribution in [-0.4, -0.2) is 13.2 Å². The van der Waals surface area contributed by atoms with E-state index >= 15 is 0 Å². The van der Waals surface area contributed by atoms with Gasteiger partial charge in [-0.15, -0.1) is 0 Å². The molecule has 3 nitrogen and oxygen atoms in total. The lowest BCUT2D eigenvalue weighted by atomic mass is 10.3. The Morgan fingerprint density at radius 2 is 1.75 bits per heavy atom.